The van der Waals surface area contributed by atoms with E-state index in [2.05, 4.69) is 18.9 Å². The summed E-state index contributed by atoms with van der Waals surface area (Å²) in [5.74, 6) is 0.623. The zero-order valence-corrected chi connectivity index (χ0v) is 10.8. The minimum absolute atomic E-state index is 0.623. The monoisotopic (exact) mass is 242 g/mol. The maximum absolute atomic E-state index is 11.1. The quantitative estimate of drug-likeness (QED) is 0.753. The molecule has 0 radical (unpaired) electrons. The first-order chi connectivity index (χ1) is 8.72. The molecule has 18 heavy (non-hydrogen) atoms. The summed E-state index contributed by atoms with van der Waals surface area (Å²) in [7, 11) is 0. The summed E-state index contributed by atoms with van der Waals surface area (Å²) in [5.41, 5.74) is 2.62. The maximum atomic E-state index is 11.1. The first kappa shape index (κ1) is 12.6. The number of carbonyl (C=O) groups excluding carboxylic acids is 1. The van der Waals surface area contributed by atoms with Crippen molar-refractivity contribution >= 4 is 6.29 Å². The van der Waals surface area contributed by atoms with Gasteiger partial charge in [-0.3, -0.25) is 9.48 Å². The van der Waals surface area contributed by atoms with E-state index in [1.807, 2.05) is 35.0 Å². The summed E-state index contributed by atoms with van der Waals surface area (Å²) in [6.07, 6.45) is 3.58. The molecule has 0 bridgehead atoms. The predicted molar refractivity (Wildman–Crippen MR) is 72.5 cm³/mol. The molecule has 0 atom stereocenters. The standard InChI is InChI=1S/C15H18N2O/c1-12(2)8-9-17-15(14(11-18)10-16-17)13-6-4-3-5-7-13/h3-7,10-12H,8-9H2,1-2H3. The smallest absolute Gasteiger partial charge is 0.153 e. The van der Waals surface area contributed by atoms with Crippen LogP contribution in [0.4, 0.5) is 0 Å². The SMILES string of the molecule is CC(C)CCn1ncc(C=O)c1-c1ccccc1. The molecule has 0 spiro atoms. The van der Waals surface area contributed by atoms with Crippen molar-refractivity contribution < 1.29 is 4.79 Å². The van der Waals surface area contributed by atoms with Gasteiger partial charge in [0.1, 0.15) is 0 Å². The van der Waals surface area contributed by atoms with Crippen LogP contribution in [0.15, 0.2) is 36.5 Å². The van der Waals surface area contributed by atoms with Gasteiger partial charge in [-0.1, -0.05) is 44.2 Å². The zero-order chi connectivity index (χ0) is 13.0. The molecule has 94 valence electrons. The van der Waals surface area contributed by atoms with Crippen LogP contribution in [-0.4, -0.2) is 16.1 Å². The van der Waals surface area contributed by atoms with Crippen LogP contribution in [0.1, 0.15) is 30.6 Å². The van der Waals surface area contributed by atoms with Crippen molar-refractivity contribution in [1.82, 2.24) is 9.78 Å². The topological polar surface area (TPSA) is 34.9 Å². The lowest BCUT2D eigenvalue weighted by Gasteiger charge is -2.10. The molecular formula is C15H18N2O. The highest BCUT2D eigenvalue weighted by Gasteiger charge is 2.12. The third-order valence-corrected chi connectivity index (χ3v) is 2.96. The molecule has 3 heteroatoms. The Morgan fingerprint density at radius 1 is 1.28 bits per heavy atom. The third kappa shape index (κ3) is 2.67. The highest BCUT2D eigenvalue weighted by atomic mass is 16.1. The van der Waals surface area contributed by atoms with Crippen LogP contribution >= 0.6 is 0 Å². The van der Waals surface area contributed by atoms with Gasteiger partial charge in [0.25, 0.3) is 0 Å². The number of hydrogen-bond donors (Lipinski definition) is 0. The van der Waals surface area contributed by atoms with E-state index in [0.29, 0.717) is 11.5 Å². The van der Waals surface area contributed by atoms with Gasteiger partial charge >= 0.3 is 0 Å². The second-order valence-corrected chi connectivity index (χ2v) is 4.84. The van der Waals surface area contributed by atoms with E-state index < -0.39 is 0 Å². The van der Waals surface area contributed by atoms with Crippen LogP contribution < -0.4 is 0 Å². The molecule has 0 unspecified atom stereocenters. The molecule has 0 saturated carbocycles. The second kappa shape index (κ2) is 5.63. The number of aldehydes is 1. The average Bonchev–Trinajstić information content (AvgIpc) is 2.80. The lowest BCUT2D eigenvalue weighted by molar-refractivity contribution is 0.112. The van der Waals surface area contributed by atoms with Crippen LogP contribution in [-0.2, 0) is 6.54 Å². The van der Waals surface area contributed by atoms with Crippen molar-refractivity contribution in [3.8, 4) is 11.3 Å². The molecule has 0 fully saturated rings. The lowest BCUT2D eigenvalue weighted by atomic mass is 10.1. The van der Waals surface area contributed by atoms with Gasteiger partial charge in [0.2, 0.25) is 0 Å². The number of carbonyl (C=O) groups is 1. The minimum atomic E-state index is 0.623. The van der Waals surface area contributed by atoms with Crippen molar-refractivity contribution in [2.75, 3.05) is 0 Å². The van der Waals surface area contributed by atoms with E-state index in [9.17, 15) is 4.79 Å². The summed E-state index contributed by atoms with van der Waals surface area (Å²) in [4.78, 5) is 11.1. The molecule has 0 saturated heterocycles. The zero-order valence-electron chi connectivity index (χ0n) is 10.8. The Morgan fingerprint density at radius 2 is 2.00 bits per heavy atom. The molecule has 0 aliphatic carbocycles. The number of aryl methyl sites for hydroxylation is 1. The van der Waals surface area contributed by atoms with Crippen LogP contribution in [0.3, 0.4) is 0 Å². The number of hydrogen-bond acceptors (Lipinski definition) is 2. The number of nitrogens with zero attached hydrogens (tertiary/aromatic N) is 2. The largest absolute Gasteiger partial charge is 0.298 e. The molecule has 3 nitrogen and oxygen atoms in total. The van der Waals surface area contributed by atoms with Gasteiger partial charge in [0, 0.05) is 12.1 Å². The molecule has 1 aromatic carbocycles. The highest BCUT2D eigenvalue weighted by Crippen LogP contribution is 2.23. The first-order valence-corrected chi connectivity index (χ1v) is 6.28. The molecule has 1 aromatic heterocycles. The molecule has 0 aliphatic heterocycles. The summed E-state index contributed by atoms with van der Waals surface area (Å²) < 4.78 is 1.93. The normalized spacial score (nSPS) is 10.8. The number of benzene rings is 1. The molecule has 0 N–H and O–H groups in total. The van der Waals surface area contributed by atoms with Crippen molar-refractivity contribution in [2.24, 2.45) is 5.92 Å². The van der Waals surface area contributed by atoms with E-state index in [4.69, 9.17) is 0 Å². The number of rotatable bonds is 5. The van der Waals surface area contributed by atoms with E-state index in [-0.39, 0.29) is 0 Å². The molecular weight excluding hydrogens is 224 g/mol. The first-order valence-electron chi connectivity index (χ1n) is 6.28. The highest BCUT2D eigenvalue weighted by molar-refractivity contribution is 5.85. The van der Waals surface area contributed by atoms with Crippen molar-refractivity contribution in [3.05, 3.63) is 42.1 Å². The van der Waals surface area contributed by atoms with Gasteiger partial charge < -0.3 is 0 Å². The minimum Gasteiger partial charge on any atom is -0.298 e. The van der Waals surface area contributed by atoms with Crippen molar-refractivity contribution in [2.45, 2.75) is 26.8 Å². The predicted octanol–water partition coefficient (Wildman–Crippen LogP) is 3.41. The second-order valence-electron chi connectivity index (χ2n) is 4.84. The van der Waals surface area contributed by atoms with Crippen LogP contribution in [0.2, 0.25) is 0 Å². The summed E-state index contributed by atoms with van der Waals surface area (Å²) in [6, 6.07) is 9.94. The van der Waals surface area contributed by atoms with Crippen LogP contribution in [0.5, 0.6) is 0 Å². The number of aromatic nitrogens is 2. The summed E-state index contributed by atoms with van der Waals surface area (Å²) in [6.45, 7) is 5.22. The van der Waals surface area contributed by atoms with Gasteiger partial charge in [0.15, 0.2) is 6.29 Å². The van der Waals surface area contributed by atoms with Gasteiger partial charge in [0.05, 0.1) is 17.5 Å². The Kier molecular flexibility index (Phi) is 3.92. The van der Waals surface area contributed by atoms with E-state index in [1.54, 1.807) is 6.20 Å². The molecule has 2 aromatic rings. The molecule has 1 heterocycles. The van der Waals surface area contributed by atoms with Gasteiger partial charge in [-0.15, -0.1) is 0 Å². The summed E-state index contributed by atoms with van der Waals surface area (Å²) in [5, 5.41) is 4.32. The van der Waals surface area contributed by atoms with Crippen molar-refractivity contribution in [3.63, 3.8) is 0 Å². The fourth-order valence-corrected chi connectivity index (χ4v) is 1.95. The molecule has 0 amide bonds. The van der Waals surface area contributed by atoms with Crippen LogP contribution in [0.25, 0.3) is 11.3 Å². The lowest BCUT2D eigenvalue weighted by Crippen LogP contribution is -2.05. The third-order valence-electron chi connectivity index (χ3n) is 2.96. The maximum Gasteiger partial charge on any atom is 0.153 e. The Labute approximate surface area is 107 Å². The van der Waals surface area contributed by atoms with Gasteiger partial charge in [-0.2, -0.15) is 5.10 Å². The van der Waals surface area contributed by atoms with Crippen LogP contribution in [0, 0.1) is 5.92 Å². The van der Waals surface area contributed by atoms with E-state index in [0.717, 1.165) is 30.5 Å². The Hall–Kier alpha value is -1.90. The van der Waals surface area contributed by atoms with Gasteiger partial charge in [-0.05, 0) is 12.3 Å². The fourth-order valence-electron chi connectivity index (χ4n) is 1.95. The molecule has 2 rings (SSSR count). The fraction of sp³-hybridized carbons (Fsp3) is 0.333. The average molecular weight is 242 g/mol. The van der Waals surface area contributed by atoms with Gasteiger partial charge in [-0.25, -0.2) is 0 Å². The van der Waals surface area contributed by atoms with E-state index in [1.165, 1.54) is 0 Å². The van der Waals surface area contributed by atoms with E-state index >= 15 is 0 Å². The van der Waals surface area contributed by atoms with Crippen molar-refractivity contribution in [1.29, 1.82) is 0 Å². The Balaban J connectivity index is 2.37. The summed E-state index contributed by atoms with van der Waals surface area (Å²) >= 11 is 0. The Morgan fingerprint density at radius 3 is 2.61 bits per heavy atom. The molecule has 0 aliphatic rings. The Bertz CT molecular complexity index is 515.